The molecule has 0 bridgehead atoms. The van der Waals surface area contributed by atoms with Gasteiger partial charge in [0.2, 0.25) is 0 Å². The molecule has 2 aromatic heterocycles. The van der Waals surface area contributed by atoms with E-state index in [0.717, 1.165) is 33.8 Å². The Morgan fingerprint density at radius 1 is 1.14 bits per heavy atom. The molecular weight excluding hydrogens is 350 g/mol. The fourth-order valence-electron chi connectivity index (χ4n) is 3.54. The van der Waals surface area contributed by atoms with Crippen molar-refractivity contribution in [3.05, 3.63) is 70.3 Å². The highest BCUT2D eigenvalue weighted by atomic mass is 16.1. The number of aryl methyl sites for hydroxylation is 1. The lowest BCUT2D eigenvalue weighted by Gasteiger charge is -2.12. The second-order valence-corrected chi connectivity index (χ2v) is 6.48. The zero-order valence-corrected chi connectivity index (χ0v) is 15.9. The lowest BCUT2D eigenvalue weighted by Crippen LogP contribution is -2.16. The molecule has 0 unspecified atom stereocenters. The van der Waals surface area contributed by atoms with Gasteiger partial charge in [0.15, 0.2) is 0 Å². The number of aromatic nitrogens is 2. The molecule has 0 aliphatic rings. The van der Waals surface area contributed by atoms with Crippen LogP contribution in [0.15, 0.2) is 36.5 Å². The summed E-state index contributed by atoms with van der Waals surface area (Å²) in [4.78, 5) is 15.8. The summed E-state index contributed by atoms with van der Waals surface area (Å²) in [5.74, 6) is -0.555. The Morgan fingerprint density at radius 3 is 2.36 bits per heavy atom. The van der Waals surface area contributed by atoms with Crippen LogP contribution >= 0.6 is 0 Å². The average molecular weight is 369 g/mol. The molecule has 6 heteroatoms. The minimum absolute atomic E-state index is 0.265. The summed E-state index contributed by atoms with van der Waals surface area (Å²) in [7, 11) is 0. The van der Waals surface area contributed by atoms with Crippen molar-refractivity contribution < 1.29 is 4.79 Å². The summed E-state index contributed by atoms with van der Waals surface area (Å²) in [6.45, 7) is 5.76. The zero-order chi connectivity index (χ0) is 20.4. The third-order valence-electron chi connectivity index (χ3n) is 4.88. The Bertz CT molecular complexity index is 1160. The predicted octanol–water partition coefficient (Wildman–Crippen LogP) is 3.56. The minimum Gasteiger partial charge on any atom is -0.364 e. The van der Waals surface area contributed by atoms with Crippen molar-refractivity contribution in [3.63, 3.8) is 0 Å². The van der Waals surface area contributed by atoms with Crippen molar-refractivity contribution in [2.45, 2.75) is 27.2 Å². The predicted molar refractivity (Wildman–Crippen MR) is 106 cm³/mol. The van der Waals surface area contributed by atoms with E-state index in [4.69, 9.17) is 11.0 Å². The largest absolute Gasteiger partial charge is 0.364 e. The molecular formula is C22H19N5O. The highest BCUT2D eigenvalue weighted by molar-refractivity contribution is 5.92. The number of primary amides is 1. The van der Waals surface area contributed by atoms with Crippen molar-refractivity contribution in [1.29, 1.82) is 10.5 Å². The summed E-state index contributed by atoms with van der Waals surface area (Å²) >= 11 is 0. The van der Waals surface area contributed by atoms with E-state index in [1.54, 1.807) is 18.3 Å². The zero-order valence-electron chi connectivity index (χ0n) is 15.9. The molecule has 0 saturated heterocycles. The minimum atomic E-state index is -0.555. The van der Waals surface area contributed by atoms with Gasteiger partial charge in [-0.05, 0) is 49.6 Å². The monoisotopic (exact) mass is 369 g/mol. The van der Waals surface area contributed by atoms with Gasteiger partial charge in [-0.25, -0.2) is 4.98 Å². The molecule has 6 nitrogen and oxygen atoms in total. The number of hydrogen-bond donors (Lipinski definition) is 1. The highest BCUT2D eigenvalue weighted by Crippen LogP contribution is 2.34. The van der Waals surface area contributed by atoms with Crippen molar-refractivity contribution in [2.24, 2.45) is 5.73 Å². The number of pyridine rings is 1. The van der Waals surface area contributed by atoms with Gasteiger partial charge in [0, 0.05) is 17.0 Å². The summed E-state index contributed by atoms with van der Waals surface area (Å²) < 4.78 is 1.96. The lowest BCUT2D eigenvalue weighted by atomic mass is 10.0. The SMILES string of the molecule is CCc1cc(-n2c(C)c(C#N)c(-c3ccc(C#N)cc3)c2C)cnc1C(N)=O. The molecule has 2 N–H and O–H groups in total. The first-order valence-corrected chi connectivity index (χ1v) is 8.84. The molecule has 0 atom stereocenters. The first-order valence-electron chi connectivity index (χ1n) is 8.84. The second kappa shape index (κ2) is 7.38. The average Bonchev–Trinajstić information content (AvgIpc) is 2.96. The molecule has 1 amide bonds. The number of rotatable bonds is 4. The van der Waals surface area contributed by atoms with Gasteiger partial charge in [-0.1, -0.05) is 19.1 Å². The van der Waals surface area contributed by atoms with Crippen LogP contribution < -0.4 is 5.73 Å². The van der Waals surface area contributed by atoms with E-state index in [9.17, 15) is 10.1 Å². The second-order valence-electron chi connectivity index (χ2n) is 6.48. The maximum absolute atomic E-state index is 11.6. The smallest absolute Gasteiger partial charge is 0.267 e. The fraction of sp³-hybridized carbons (Fsp3) is 0.182. The van der Waals surface area contributed by atoms with Gasteiger partial charge in [0.05, 0.1) is 29.1 Å². The number of nitrogens with two attached hydrogens (primary N) is 1. The van der Waals surface area contributed by atoms with E-state index in [-0.39, 0.29) is 5.69 Å². The number of carbonyl (C=O) groups excluding carboxylic acids is 1. The van der Waals surface area contributed by atoms with Crippen molar-refractivity contribution in [3.8, 4) is 29.0 Å². The van der Waals surface area contributed by atoms with E-state index in [1.807, 2.05) is 43.5 Å². The maximum Gasteiger partial charge on any atom is 0.267 e. The first-order chi connectivity index (χ1) is 13.4. The van der Waals surface area contributed by atoms with Crippen molar-refractivity contribution in [2.75, 3.05) is 0 Å². The molecule has 0 radical (unpaired) electrons. The highest BCUT2D eigenvalue weighted by Gasteiger charge is 2.21. The molecule has 0 aliphatic carbocycles. The van der Waals surface area contributed by atoms with Crippen LogP contribution in [0, 0.1) is 36.5 Å². The molecule has 0 fully saturated rings. The number of benzene rings is 1. The quantitative estimate of drug-likeness (QED) is 0.758. The Hall–Kier alpha value is -3.90. The molecule has 0 aliphatic heterocycles. The van der Waals surface area contributed by atoms with Gasteiger partial charge in [0.25, 0.3) is 5.91 Å². The van der Waals surface area contributed by atoms with E-state index >= 15 is 0 Å². The molecule has 2 heterocycles. The van der Waals surface area contributed by atoms with Gasteiger partial charge in [-0.2, -0.15) is 10.5 Å². The first kappa shape index (κ1) is 18.9. The third-order valence-corrected chi connectivity index (χ3v) is 4.88. The van der Waals surface area contributed by atoms with E-state index < -0.39 is 5.91 Å². The molecule has 138 valence electrons. The van der Waals surface area contributed by atoms with Crippen molar-refractivity contribution >= 4 is 5.91 Å². The molecule has 1 aromatic carbocycles. The summed E-state index contributed by atoms with van der Waals surface area (Å²) in [5.41, 5.74) is 11.7. The van der Waals surface area contributed by atoms with Gasteiger partial charge in [0.1, 0.15) is 11.8 Å². The number of nitriles is 2. The van der Waals surface area contributed by atoms with Crippen LogP contribution in [-0.4, -0.2) is 15.5 Å². The van der Waals surface area contributed by atoms with Crippen molar-refractivity contribution in [1.82, 2.24) is 9.55 Å². The summed E-state index contributed by atoms with van der Waals surface area (Å²) in [5, 5.41) is 18.8. The van der Waals surface area contributed by atoms with Crippen LogP contribution in [0.1, 0.15) is 45.5 Å². The van der Waals surface area contributed by atoms with Gasteiger partial charge < -0.3 is 10.3 Å². The van der Waals surface area contributed by atoms with Gasteiger partial charge in [-0.15, -0.1) is 0 Å². The van der Waals surface area contributed by atoms with Crippen LogP contribution in [0.2, 0.25) is 0 Å². The fourth-order valence-corrected chi connectivity index (χ4v) is 3.54. The Morgan fingerprint density at radius 2 is 1.82 bits per heavy atom. The number of carbonyl (C=O) groups is 1. The van der Waals surface area contributed by atoms with Crippen LogP contribution in [0.3, 0.4) is 0 Å². The number of hydrogen-bond acceptors (Lipinski definition) is 4. The molecule has 3 aromatic rings. The van der Waals surface area contributed by atoms with Crippen LogP contribution in [0.5, 0.6) is 0 Å². The van der Waals surface area contributed by atoms with Crippen LogP contribution in [0.4, 0.5) is 0 Å². The van der Waals surface area contributed by atoms with E-state index in [2.05, 4.69) is 17.1 Å². The molecule has 0 saturated carbocycles. The molecule has 3 rings (SSSR count). The lowest BCUT2D eigenvalue weighted by molar-refractivity contribution is 0.0994. The Balaban J connectivity index is 2.24. The molecule has 28 heavy (non-hydrogen) atoms. The third kappa shape index (κ3) is 3.02. The van der Waals surface area contributed by atoms with Gasteiger partial charge >= 0.3 is 0 Å². The number of nitrogens with zero attached hydrogens (tertiary/aromatic N) is 4. The summed E-state index contributed by atoms with van der Waals surface area (Å²) in [6.07, 6.45) is 2.22. The topological polar surface area (TPSA) is 108 Å². The standard InChI is InChI=1S/C22H19N5O/c1-4-16-9-18(12-26-21(16)22(25)28)27-13(2)19(11-24)20(14(27)3)17-7-5-15(10-23)6-8-17/h5-9,12H,4H2,1-3H3,(H2,25,28). The molecule has 0 spiro atoms. The maximum atomic E-state index is 11.6. The Labute approximate surface area is 163 Å². The van der Waals surface area contributed by atoms with Gasteiger partial charge in [-0.3, -0.25) is 4.79 Å². The Kier molecular flexibility index (Phi) is 4.98. The normalized spacial score (nSPS) is 10.3. The number of amides is 1. The van der Waals surface area contributed by atoms with Crippen LogP contribution in [0.25, 0.3) is 16.8 Å². The van der Waals surface area contributed by atoms with E-state index in [1.165, 1.54) is 0 Å². The summed E-state index contributed by atoms with van der Waals surface area (Å²) in [6, 6.07) is 13.5. The van der Waals surface area contributed by atoms with Crippen LogP contribution in [-0.2, 0) is 6.42 Å². The van der Waals surface area contributed by atoms with E-state index in [0.29, 0.717) is 17.5 Å².